The van der Waals surface area contributed by atoms with E-state index in [-0.39, 0.29) is 53.2 Å². The van der Waals surface area contributed by atoms with Crippen molar-refractivity contribution in [1.82, 2.24) is 10.2 Å². The third kappa shape index (κ3) is 4.83. The van der Waals surface area contributed by atoms with E-state index >= 15 is 4.79 Å². The lowest BCUT2D eigenvalue weighted by Crippen LogP contribution is -2.67. The monoisotopic (exact) mass is 698 g/mol. The van der Waals surface area contributed by atoms with Gasteiger partial charge in [0, 0.05) is 44.0 Å². The number of aliphatic hydroxyl groups excluding tert-OH is 1. The third-order valence-electron chi connectivity index (χ3n) is 14.0. The van der Waals surface area contributed by atoms with Crippen LogP contribution >= 0.6 is 22.7 Å². The number of hydrogen-bond donors (Lipinski definition) is 3. The number of carbonyl (C=O) groups excluding carboxylic acids is 2. The van der Waals surface area contributed by atoms with Gasteiger partial charge in [0.15, 0.2) is 5.78 Å². The molecule has 2 heterocycles. The minimum absolute atomic E-state index is 0.00938. The number of rotatable bonds is 8. The van der Waals surface area contributed by atoms with Crippen molar-refractivity contribution in [3.8, 4) is 0 Å². The SMILES string of the molecule is CC(C)NC(=O)N(CCc1cccs1)CC1(O)CCC2C34C=CC5(C=C3C(=O)c3cc6ccccc6s3)CC(O)CCC5(C)C4CCC21C. The number of fused-ring (bicyclic) bond motifs is 2. The molecule has 0 saturated heterocycles. The molecule has 260 valence electrons. The number of ketones is 1. The molecule has 2 aromatic heterocycles. The molecule has 9 rings (SSSR count). The highest BCUT2D eigenvalue weighted by atomic mass is 32.1. The van der Waals surface area contributed by atoms with Gasteiger partial charge in [0.25, 0.3) is 0 Å². The predicted octanol–water partition coefficient (Wildman–Crippen LogP) is 8.40. The normalized spacial score (nSPS) is 37.4. The first kappa shape index (κ1) is 33.4. The lowest BCUT2D eigenvalue weighted by molar-refractivity contribution is -0.174. The molecule has 2 spiro atoms. The Hall–Kier alpha value is -2.78. The van der Waals surface area contributed by atoms with Crippen molar-refractivity contribution in [2.75, 3.05) is 13.1 Å². The highest BCUT2D eigenvalue weighted by Gasteiger charge is 2.74. The first-order valence-corrected chi connectivity index (χ1v) is 20.0. The second kappa shape index (κ2) is 11.6. The van der Waals surface area contributed by atoms with Gasteiger partial charge >= 0.3 is 6.03 Å². The fourth-order valence-electron chi connectivity index (χ4n) is 11.4. The van der Waals surface area contributed by atoms with Gasteiger partial charge in [-0.3, -0.25) is 4.79 Å². The summed E-state index contributed by atoms with van der Waals surface area (Å²) in [5, 5.41) is 30.3. The third-order valence-corrected chi connectivity index (χ3v) is 16.0. The Labute approximate surface area is 298 Å². The van der Waals surface area contributed by atoms with Crippen LogP contribution in [-0.4, -0.2) is 57.8 Å². The van der Waals surface area contributed by atoms with Crippen molar-refractivity contribution in [1.29, 1.82) is 0 Å². The molecule has 0 radical (unpaired) electrons. The number of carbonyl (C=O) groups is 2. The number of thiophene rings is 2. The average molecular weight is 699 g/mol. The quantitative estimate of drug-likeness (QED) is 0.163. The minimum atomic E-state index is -1.10. The summed E-state index contributed by atoms with van der Waals surface area (Å²) in [5.74, 6) is 0.375. The van der Waals surface area contributed by atoms with Gasteiger partial charge in [-0.25, -0.2) is 4.79 Å². The molecule has 3 fully saturated rings. The van der Waals surface area contributed by atoms with Crippen molar-refractivity contribution >= 4 is 44.6 Å². The van der Waals surface area contributed by atoms with E-state index in [1.54, 1.807) is 22.7 Å². The van der Waals surface area contributed by atoms with Gasteiger partial charge in [0.2, 0.25) is 0 Å². The van der Waals surface area contributed by atoms with Gasteiger partial charge in [0.1, 0.15) is 0 Å². The molecule has 6 aliphatic rings. The van der Waals surface area contributed by atoms with Gasteiger partial charge in [-0.15, -0.1) is 22.7 Å². The van der Waals surface area contributed by atoms with Crippen LogP contribution in [0.3, 0.4) is 0 Å². The second-order valence-corrected chi connectivity index (χ2v) is 18.8. The second-order valence-electron chi connectivity index (χ2n) is 16.6. The van der Waals surface area contributed by atoms with Crippen LogP contribution in [0.15, 0.2) is 71.6 Å². The Bertz CT molecular complexity index is 1810. The maximum absolute atomic E-state index is 15.0. The van der Waals surface area contributed by atoms with Crippen molar-refractivity contribution < 1.29 is 19.8 Å². The van der Waals surface area contributed by atoms with Gasteiger partial charge in [-0.2, -0.15) is 0 Å². The van der Waals surface area contributed by atoms with Crippen LogP contribution in [0.1, 0.15) is 87.2 Å². The Morgan fingerprint density at radius 3 is 2.51 bits per heavy atom. The van der Waals surface area contributed by atoms with Crippen molar-refractivity contribution in [3.63, 3.8) is 0 Å². The molecule has 49 heavy (non-hydrogen) atoms. The summed E-state index contributed by atoms with van der Waals surface area (Å²) in [6.45, 7) is 9.43. The zero-order valence-electron chi connectivity index (χ0n) is 29.2. The molecule has 6 nitrogen and oxygen atoms in total. The molecule has 1 aromatic carbocycles. The predicted molar refractivity (Wildman–Crippen MR) is 198 cm³/mol. The summed E-state index contributed by atoms with van der Waals surface area (Å²) in [4.78, 5) is 32.5. The Balaban J connectivity index is 1.20. The Morgan fingerprint density at radius 2 is 1.76 bits per heavy atom. The zero-order valence-corrected chi connectivity index (χ0v) is 30.8. The van der Waals surface area contributed by atoms with E-state index in [4.69, 9.17) is 0 Å². The van der Waals surface area contributed by atoms with E-state index in [1.807, 2.05) is 36.9 Å². The number of Topliss-reactive ketones (excluding diaryl/α,β-unsaturated/α-hetero) is 1. The maximum atomic E-state index is 15.0. The molecule has 8 heteroatoms. The smallest absolute Gasteiger partial charge is 0.317 e. The maximum Gasteiger partial charge on any atom is 0.317 e. The van der Waals surface area contributed by atoms with Crippen molar-refractivity contribution in [2.45, 2.75) is 96.8 Å². The van der Waals surface area contributed by atoms with Gasteiger partial charge in [-0.1, -0.05) is 56.3 Å². The molecule has 8 unspecified atom stereocenters. The van der Waals surface area contributed by atoms with Crippen LogP contribution in [0.4, 0.5) is 4.79 Å². The number of urea groups is 1. The molecule has 3 N–H and O–H groups in total. The van der Waals surface area contributed by atoms with Crippen LogP contribution < -0.4 is 5.32 Å². The summed E-state index contributed by atoms with van der Waals surface area (Å²) in [6.07, 6.45) is 12.9. The molecule has 2 amide bonds. The fraction of sp³-hybridized carbons (Fsp3) is 0.561. The molecule has 0 aliphatic heterocycles. The Morgan fingerprint density at radius 1 is 1.00 bits per heavy atom. The first-order valence-electron chi connectivity index (χ1n) is 18.3. The van der Waals surface area contributed by atoms with Gasteiger partial charge in [-0.05, 0) is 111 Å². The van der Waals surface area contributed by atoms with Crippen LogP contribution in [0.2, 0.25) is 0 Å². The van der Waals surface area contributed by atoms with E-state index in [0.717, 1.165) is 59.1 Å². The van der Waals surface area contributed by atoms with Gasteiger partial charge < -0.3 is 20.4 Å². The summed E-state index contributed by atoms with van der Waals surface area (Å²) in [6, 6.07) is 14.3. The van der Waals surface area contributed by atoms with Crippen LogP contribution in [0.5, 0.6) is 0 Å². The van der Waals surface area contributed by atoms with Crippen LogP contribution in [-0.2, 0) is 6.42 Å². The number of nitrogens with one attached hydrogen (secondary N) is 1. The highest BCUT2D eigenvalue weighted by molar-refractivity contribution is 7.21. The standard InChI is InChI=1S/C41H50N2O4S2/c1-26(2)42-36(46)43(20-14-29-9-7-21-48-29)25-40(47)17-13-34-38(40,4)16-12-33-37(3)15-11-28(44)23-39(37)18-19-41(33,34)30(24-39)35(45)32-22-27-8-5-6-10-31(27)49-32/h5-10,18-19,21-22,24,26,28,33-34,44,47H,11-17,20,23,25H2,1-4H3,(H,42,46). The van der Waals surface area contributed by atoms with E-state index in [2.05, 4.69) is 67.0 Å². The summed E-state index contributed by atoms with van der Waals surface area (Å²) in [5.41, 5.74) is -1.70. The van der Waals surface area contributed by atoms with Crippen LogP contribution in [0, 0.1) is 33.5 Å². The zero-order chi connectivity index (χ0) is 34.4. The average Bonchev–Trinajstić information content (AvgIpc) is 3.80. The number of nitrogens with zero attached hydrogens (tertiary/aromatic N) is 1. The molecule has 3 aromatic rings. The number of benzene rings is 1. The molecule has 2 bridgehead atoms. The van der Waals surface area contributed by atoms with E-state index in [1.165, 1.54) is 4.88 Å². The lowest BCUT2D eigenvalue weighted by Gasteiger charge is -2.71. The van der Waals surface area contributed by atoms with E-state index < -0.39 is 16.4 Å². The lowest BCUT2D eigenvalue weighted by atomic mass is 9.32. The van der Waals surface area contributed by atoms with E-state index in [9.17, 15) is 15.0 Å². The molecule has 3 saturated carbocycles. The number of aliphatic hydroxyl groups is 2. The Kier molecular flexibility index (Phi) is 7.92. The fourth-order valence-corrected chi connectivity index (χ4v) is 13.1. The topological polar surface area (TPSA) is 89.9 Å². The molecular weight excluding hydrogens is 649 g/mol. The molecular formula is C41H50N2O4S2. The van der Waals surface area contributed by atoms with Crippen LogP contribution in [0.25, 0.3) is 10.1 Å². The number of amides is 2. The van der Waals surface area contributed by atoms with Gasteiger partial charge in [0.05, 0.1) is 23.1 Å². The molecule has 8 atom stereocenters. The number of hydrogen-bond acceptors (Lipinski definition) is 6. The summed E-state index contributed by atoms with van der Waals surface area (Å²) in [7, 11) is 0. The summed E-state index contributed by atoms with van der Waals surface area (Å²) < 4.78 is 1.11. The highest BCUT2D eigenvalue weighted by Crippen LogP contribution is 2.78. The van der Waals surface area contributed by atoms with E-state index in [0.29, 0.717) is 19.4 Å². The van der Waals surface area contributed by atoms with Crippen molar-refractivity contribution in [2.24, 2.45) is 33.5 Å². The summed E-state index contributed by atoms with van der Waals surface area (Å²) >= 11 is 3.27. The first-order chi connectivity index (χ1) is 23.3. The largest absolute Gasteiger partial charge is 0.393 e. The van der Waals surface area contributed by atoms with Crippen molar-refractivity contribution in [3.05, 3.63) is 81.4 Å². The minimum Gasteiger partial charge on any atom is -0.393 e. The number of allylic oxidation sites excluding steroid dienone is 4. The molecule has 6 aliphatic carbocycles.